The van der Waals surface area contributed by atoms with E-state index in [0.717, 1.165) is 5.82 Å². The van der Waals surface area contributed by atoms with Crippen LogP contribution in [0.1, 0.15) is 29.5 Å². The highest BCUT2D eigenvalue weighted by molar-refractivity contribution is 6.00. The van der Waals surface area contributed by atoms with Crippen molar-refractivity contribution >= 4 is 34.2 Å². The van der Waals surface area contributed by atoms with Crippen LogP contribution in [0.3, 0.4) is 0 Å². The van der Waals surface area contributed by atoms with Crippen molar-refractivity contribution in [3.05, 3.63) is 72.3 Å². The van der Waals surface area contributed by atoms with E-state index >= 15 is 0 Å². The fourth-order valence-electron chi connectivity index (χ4n) is 4.37. The number of carbonyl (C=O) groups is 2. The number of hydrogen-bond acceptors (Lipinski definition) is 5. The standard InChI is InChI=1S/C25H24FN5O3/c1-2-23-28-7-8-30(23)21-5-4-17(11-19(21)26)31-13-15(9-24(31)32)12-29-25(33)16-3-6-22-18(10-16)20(27)14-34-22/h3-8,10-11,14-15H,2,9,12-13,27H2,1H3,(H,29,33). The van der Waals surface area contributed by atoms with Gasteiger partial charge in [0.05, 0.1) is 11.4 Å². The van der Waals surface area contributed by atoms with Gasteiger partial charge in [-0.25, -0.2) is 9.37 Å². The zero-order valence-corrected chi connectivity index (χ0v) is 18.6. The number of aryl methyl sites for hydroxylation is 1. The van der Waals surface area contributed by atoms with Crippen LogP contribution in [-0.2, 0) is 11.2 Å². The molecule has 4 aromatic rings. The van der Waals surface area contributed by atoms with Crippen LogP contribution >= 0.6 is 0 Å². The molecule has 0 saturated carbocycles. The Balaban J connectivity index is 1.25. The average Bonchev–Trinajstić information content (AvgIpc) is 3.56. The smallest absolute Gasteiger partial charge is 0.251 e. The largest absolute Gasteiger partial charge is 0.462 e. The van der Waals surface area contributed by atoms with Gasteiger partial charge < -0.3 is 24.9 Å². The number of imidazole rings is 1. The Labute approximate surface area is 195 Å². The Hall–Kier alpha value is -4.14. The second-order valence-corrected chi connectivity index (χ2v) is 8.39. The summed E-state index contributed by atoms with van der Waals surface area (Å²) in [6, 6.07) is 9.82. The molecule has 1 aliphatic rings. The molecule has 2 aromatic heterocycles. The molecule has 1 fully saturated rings. The average molecular weight is 461 g/mol. The van der Waals surface area contributed by atoms with Gasteiger partial charge in [0.2, 0.25) is 5.91 Å². The maximum atomic E-state index is 14.9. The number of halogens is 1. The minimum absolute atomic E-state index is 0.0812. The number of amides is 2. The minimum atomic E-state index is -0.427. The maximum absolute atomic E-state index is 14.9. The molecule has 9 heteroatoms. The highest BCUT2D eigenvalue weighted by atomic mass is 19.1. The van der Waals surface area contributed by atoms with Gasteiger partial charge in [-0.2, -0.15) is 0 Å². The Morgan fingerprint density at radius 3 is 2.94 bits per heavy atom. The molecular formula is C25H24FN5O3. The number of nitrogen functional groups attached to an aromatic ring is 1. The van der Waals surface area contributed by atoms with Crippen molar-refractivity contribution in [2.24, 2.45) is 5.92 Å². The van der Waals surface area contributed by atoms with E-state index < -0.39 is 5.82 Å². The zero-order chi connectivity index (χ0) is 23.8. The fourth-order valence-corrected chi connectivity index (χ4v) is 4.37. The van der Waals surface area contributed by atoms with Gasteiger partial charge in [0, 0.05) is 60.9 Å². The van der Waals surface area contributed by atoms with Crippen molar-refractivity contribution in [1.82, 2.24) is 14.9 Å². The number of aromatic nitrogens is 2. The number of fused-ring (bicyclic) bond motifs is 1. The Bertz CT molecular complexity index is 1390. The van der Waals surface area contributed by atoms with Gasteiger partial charge in [-0.15, -0.1) is 0 Å². The van der Waals surface area contributed by atoms with Crippen LogP contribution in [-0.4, -0.2) is 34.5 Å². The van der Waals surface area contributed by atoms with E-state index in [-0.39, 0.29) is 24.2 Å². The lowest BCUT2D eigenvalue weighted by molar-refractivity contribution is -0.117. The molecule has 34 heavy (non-hydrogen) atoms. The van der Waals surface area contributed by atoms with E-state index in [9.17, 15) is 14.0 Å². The lowest BCUT2D eigenvalue weighted by Crippen LogP contribution is -2.31. The molecule has 0 radical (unpaired) electrons. The first-order chi connectivity index (χ1) is 16.4. The summed E-state index contributed by atoms with van der Waals surface area (Å²) in [5.74, 6) is -0.105. The van der Waals surface area contributed by atoms with E-state index in [4.69, 9.17) is 10.2 Å². The molecule has 1 unspecified atom stereocenters. The SMILES string of the molecule is CCc1nccn1-c1ccc(N2CC(CNC(=O)c3ccc4occ(N)c4c3)CC2=O)cc1F. The lowest BCUT2D eigenvalue weighted by Gasteiger charge is -2.18. The number of benzene rings is 2. The van der Waals surface area contributed by atoms with E-state index in [1.807, 2.05) is 6.92 Å². The molecule has 2 aromatic carbocycles. The Kier molecular flexibility index (Phi) is 5.53. The molecule has 3 heterocycles. The molecule has 0 spiro atoms. The predicted molar refractivity (Wildman–Crippen MR) is 126 cm³/mol. The van der Waals surface area contributed by atoms with E-state index in [1.54, 1.807) is 52.2 Å². The number of anilines is 2. The van der Waals surface area contributed by atoms with E-state index in [2.05, 4.69) is 10.3 Å². The van der Waals surface area contributed by atoms with Crippen LogP contribution in [0.15, 0.2) is 59.5 Å². The topological polar surface area (TPSA) is 106 Å². The molecule has 8 nitrogen and oxygen atoms in total. The second kappa shape index (κ2) is 8.66. The van der Waals surface area contributed by atoms with Crippen molar-refractivity contribution in [2.45, 2.75) is 19.8 Å². The normalized spacial score (nSPS) is 15.9. The number of nitrogens with one attached hydrogen (secondary N) is 1. The molecule has 0 aliphatic carbocycles. The summed E-state index contributed by atoms with van der Waals surface area (Å²) >= 11 is 0. The molecule has 0 bridgehead atoms. The third-order valence-corrected chi connectivity index (χ3v) is 6.16. The summed E-state index contributed by atoms with van der Waals surface area (Å²) in [6.07, 6.45) is 5.75. The van der Waals surface area contributed by atoms with E-state index in [0.29, 0.717) is 53.1 Å². The second-order valence-electron chi connectivity index (χ2n) is 8.39. The third kappa shape index (κ3) is 3.89. The van der Waals surface area contributed by atoms with Crippen molar-refractivity contribution in [3.63, 3.8) is 0 Å². The van der Waals surface area contributed by atoms with Crippen LogP contribution in [0, 0.1) is 11.7 Å². The first-order valence-corrected chi connectivity index (χ1v) is 11.1. The third-order valence-electron chi connectivity index (χ3n) is 6.16. The van der Waals surface area contributed by atoms with Crippen LogP contribution in [0.4, 0.5) is 15.8 Å². The van der Waals surface area contributed by atoms with Gasteiger partial charge in [0.1, 0.15) is 23.5 Å². The molecule has 1 aliphatic heterocycles. The van der Waals surface area contributed by atoms with Gasteiger partial charge in [-0.3, -0.25) is 9.59 Å². The van der Waals surface area contributed by atoms with Crippen molar-refractivity contribution in [2.75, 3.05) is 23.7 Å². The molecule has 174 valence electrons. The molecular weight excluding hydrogens is 437 g/mol. The van der Waals surface area contributed by atoms with Crippen LogP contribution < -0.4 is 16.0 Å². The van der Waals surface area contributed by atoms with Gasteiger partial charge >= 0.3 is 0 Å². The van der Waals surface area contributed by atoms with Crippen LogP contribution in [0.5, 0.6) is 0 Å². The number of nitrogens with two attached hydrogens (primary N) is 1. The molecule has 1 saturated heterocycles. The molecule has 3 N–H and O–H groups in total. The lowest BCUT2D eigenvalue weighted by atomic mass is 10.1. The van der Waals surface area contributed by atoms with Crippen molar-refractivity contribution in [3.8, 4) is 5.69 Å². The van der Waals surface area contributed by atoms with E-state index in [1.165, 1.54) is 12.3 Å². The summed E-state index contributed by atoms with van der Waals surface area (Å²) in [5, 5.41) is 3.57. The summed E-state index contributed by atoms with van der Waals surface area (Å²) < 4.78 is 21.9. The number of furan rings is 1. The Morgan fingerprint density at radius 1 is 1.29 bits per heavy atom. The van der Waals surface area contributed by atoms with Crippen LogP contribution in [0.25, 0.3) is 16.7 Å². The monoisotopic (exact) mass is 461 g/mol. The summed E-state index contributed by atoms with van der Waals surface area (Å²) in [7, 11) is 0. The first-order valence-electron chi connectivity index (χ1n) is 11.1. The predicted octanol–water partition coefficient (Wildman–Crippen LogP) is 3.69. The molecule has 2 amide bonds. The Morgan fingerprint density at radius 2 is 2.15 bits per heavy atom. The fraction of sp³-hybridized carbons (Fsp3) is 0.240. The summed E-state index contributed by atoms with van der Waals surface area (Å²) in [5.41, 5.74) is 8.31. The van der Waals surface area contributed by atoms with Gasteiger partial charge in [0.25, 0.3) is 5.91 Å². The van der Waals surface area contributed by atoms with Gasteiger partial charge in [-0.05, 0) is 36.4 Å². The van der Waals surface area contributed by atoms with Gasteiger partial charge in [0.15, 0.2) is 0 Å². The molecule has 1 atom stereocenters. The highest BCUT2D eigenvalue weighted by Crippen LogP contribution is 2.28. The van der Waals surface area contributed by atoms with Crippen molar-refractivity contribution in [1.29, 1.82) is 0 Å². The number of hydrogen-bond donors (Lipinski definition) is 2. The quantitative estimate of drug-likeness (QED) is 0.456. The summed E-state index contributed by atoms with van der Waals surface area (Å²) in [6.45, 7) is 2.69. The van der Waals surface area contributed by atoms with Crippen LogP contribution in [0.2, 0.25) is 0 Å². The summed E-state index contributed by atoms with van der Waals surface area (Å²) in [4.78, 5) is 31.1. The number of carbonyl (C=O) groups excluding carboxylic acids is 2. The number of rotatable bonds is 6. The highest BCUT2D eigenvalue weighted by Gasteiger charge is 2.31. The maximum Gasteiger partial charge on any atom is 0.251 e. The first kappa shape index (κ1) is 21.7. The minimum Gasteiger partial charge on any atom is -0.462 e. The molecule has 5 rings (SSSR count). The zero-order valence-electron chi connectivity index (χ0n) is 18.6. The van der Waals surface area contributed by atoms with Gasteiger partial charge in [-0.1, -0.05) is 6.92 Å². The van der Waals surface area contributed by atoms with Crippen molar-refractivity contribution < 1.29 is 18.4 Å². The number of nitrogens with zero attached hydrogens (tertiary/aromatic N) is 3.